The van der Waals surface area contributed by atoms with Gasteiger partial charge in [0.25, 0.3) is 0 Å². The van der Waals surface area contributed by atoms with E-state index in [1.807, 2.05) is 11.8 Å². The summed E-state index contributed by atoms with van der Waals surface area (Å²) in [6, 6.07) is 19.5. The molecular formula is C17H19NS. The van der Waals surface area contributed by atoms with E-state index in [0.29, 0.717) is 5.37 Å². The normalized spacial score (nSPS) is 21.5. The third-order valence-electron chi connectivity index (χ3n) is 3.45. The Balaban J connectivity index is 1.80. The Morgan fingerprint density at radius 1 is 0.947 bits per heavy atom. The molecule has 0 saturated carbocycles. The van der Waals surface area contributed by atoms with Crippen LogP contribution in [-0.4, -0.2) is 11.3 Å². The van der Waals surface area contributed by atoms with Gasteiger partial charge in [0.05, 0.1) is 5.37 Å². The van der Waals surface area contributed by atoms with Crippen molar-refractivity contribution in [3.05, 3.63) is 60.2 Å². The van der Waals surface area contributed by atoms with E-state index in [0.717, 1.165) is 5.75 Å². The topological polar surface area (TPSA) is 12.0 Å². The van der Waals surface area contributed by atoms with Crippen LogP contribution in [0.5, 0.6) is 0 Å². The van der Waals surface area contributed by atoms with Crippen molar-refractivity contribution in [2.45, 2.75) is 24.8 Å². The minimum absolute atomic E-state index is 0.243. The summed E-state index contributed by atoms with van der Waals surface area (Å²) in [4.78, 5) is 0. The molecule has 2 aromatic carbocycles. The molecule has 1 saturated heterocycles. The first-order chi connectivity index (χ1) is 9.14. The van der Waals surface area contributed by atoms with Crippen LogP contribution in [-0.2, 0) is 0 Å². The van der Waals surface area contributed by atoms with E-state index in [1.165, 1.54) is 16.7 Å². The Labute approximate surface area is 119 Å². The second-order valence-electron chi connectivity index (χ2n) is 5.71. The van der Waals surface area contributed by atoms with Crippen molar-refractivity contribution in [2.24, 2.45) is 0 Å². The van der Waals surface area contributed by atoms with Crippen LogP contribution in [0.2, 0.25) is 0 Å². The lowest BCUT2D eigenvalue weighted by molar-refractivity contribution is 0.452. The van der Waals surface area contributed by atoms with Gasteiger partial charge in [-0.2, -0.15) is 0 Å². The quantitative estimate of drug-likeness (QED) is 0.863. The summed E-state index contributed by atoms with van der Waals surface area (Å²) in [7, 11) is 0. The summed E-state index contributed by atoms with van der Waals surface area (Å²) in [5, 5.41) is 4.10. The van der Waals surface area contributed by atoms with E-state index in [9.17, 15) is 0 Å². The fraction of sp³-hybridized carbons (Fsp3) is 0.294. The molecule has 2 aromatic rings. The highest BCUT2D eigenvalue weighted by atomic mass is 32.2. The monoisotopic (exact) mass is 269 g/mol. The Morgan fingerprint density at radius 2 is 1.58 bits per heavy atom. The van der Waals surface area contributed by atoms with E-state index >= 15 is 0 Å². The lowest BCUT2D eigenvalue weighted by atomic mass is 10.0. The molecule has 1 fully saturated rings. The van der Waals surface area contributed by atoms with Crippen molar-refractivity contribution in [3.63, 3.8) is 0 Å². The fourth-order valence-electron chi connectivity index (χ4n) is 2.39. The van der Waals surface area contributed by atoms with Crippen LogP contribution in [0.25, 0.3) is 11.1 Å². The molecule has 1 aliphatic heterocycles. The molecule has 0 radical (unpaired) electrons. The second kappa shape index (κ2) is 5.03. The number of thioether (sulfide) groups is 1. The SMILES string of the molecule is CC1(C)CSC(c2ccc(-c3ccccc3)cc2)N1. The highest BCUT2D eigenvalue weighted by Gasteiger charge is 2.31. The van der Waals surface area contributed by atoms with Crippen LogP contribution < -0.4 is 5.32 Å². The number of hydrogen-bond donors (Lipinski definition) is 1. The molecule has 1 nitrogen and oxygen atoms in total. The van der Waals surface area contributed by atoms with Crippen LogP contribution >= 0.6 is 11.8 Å². The standard InChI is InChI=1S/C17H19NS/c1-17(2)12-19-16(18-17)15-10-8-14(9-11-15)13-6-4-3-5-7-13/h3-11,16,18H,12H2,1-2H3. The maximum atomic E-state index is 3.67. The predicted octanol–water partition coefficient (Wildman–Crippen LogP) is 4.47. The van der Waals surface area contributed by atoms with Gasteiger partial charge >= 0.3 is 0 Å². The fourth-order valence-corrected chi connectivity index (χ4v) is 3.81. The van der Waals surface area contributed by atoms with Crippen LogP contribution in [0.15, 0.2) is 54.6 Å². The zero-order valence-electron chi connectivity index (χ0n) is 11.4. The van der Waals surface area contributed by atoms with Gasteiger partial charge < -0.3 is 0 Å². The van der Waals surface area contributed by atoms with E-state index in [1.54, 1.807) is 0 Å². The molecule has 0 spiro atoms. The second-order valence-corrected chi connectivity index (χ2v) is 6.80. The average Bonchev–Trinajstić information content (AvgIpc) is 2.80. The van der Waals surface area contributed by atoms with Gasteiger partial charge in [0.15, 0.2) is 0 Å². The highest BCUT2D eigenvalue weighted by molar-refractivity contribution is 7.99. The van der Waals surface area contributed by atoms with Crippen molar-refractivity contribution in [2.75, 3.05) is 5.75 Å². The molecular weight excluding hydrogens is 250 g/mol. The number of nitrogens with one attached hydrogen (secondary N) is 1. The third-order valence-corrected chi connectivity index (χ3v) is 5.06. The van der Waals surface area contributed by atoms with Crippen LogP contribution in [0.3, 0.4) is 0 Å². The molecule has 1 heterocycles. The summed E-state index contributed by atoms with van der Waals surface area (Å²) < 4.78 is 0. The summed E-state index contributed by atoms with van der Waals surface area (Å²) in [5.41, 5.74) is 4.18. The molecule has 1 aliphatic rings. The van der Waals surface area contributed by atoms with Crippen molar-refractivity contribution in [1.82, 2.24) is 5.32 Å². The molecule has 2 heteroatoms. The Morgan fingerprint density at radius 3 is 2.16 bits per heavy atom. The first-order valence-electron chi connectivity index (χ1n) is 6.69. The number of benzene rings is 2. The summed E-state index contributed by atoms with van der Waals surface area (Å²) >= 11 is 1.99. The molecule has 19 heavy (non-hydrogen) atoms. The highest BCUT2D eigenvalue weighted by Crippen LogP contribution is 2.37. The van der Waals surface area contributed by atoms with Crippen LogP contribution in [0.4, 0.5) is 0 Å². The van der Waals surface area contributed by atoms with Gasteiger partial charge in [-0.3, -0.25) is 5.32 Å². The largest absolute Gasteiger partial charge is 0.296 e. The van der Waals surface area contributed by atoms with Gasteiger partial charge in [-0.1, -0.05) is 54.6 Å². The zero-order valence-corrected chi connectivity index (χ0v) is 12.2. The maximum Gasteiger partial charge on any atom is 0.0794 e. The molecule has 98 valence electrons. The van der Waals surface area contributed by atoms with Crippen LogP contribution in [0.1, 0.15) is 24.8 Å². The lowest BCUT2D eigenvalue weighted by Gasteiger charge is -2.19. The van der Waals surface area contributed by atoms with E-state index in [4.69, 9.17) is 0 Å². The lowest BCUT2D eigenvalue weighted by Crippen LogP contribution is -2.35. The number of hydrogen-bond acceptors (Lipinski definition) is 2. The minimum Gasteiger partial charge on any atom is -0.296 e. The zero-order chi connectivity index (χ0) is 13.3. The Bertz CT molecular complexity index is 545. The molecule has 1 N–H and O–H groups in total. The summed E-state index contributed by atoms with van der Waals surface area (Å²) in [6.45, 7) is 4.52. The number of rotatable bonds is 2. The Hall–Kier alpha value is -1.25. The van der Waals surface area contributed by atoms with Gasteiger partial charge in [0, 0.05) is 11.3 Å². The molecule has 3 rings (SSSR count). The maximum absolute atomic E-state index is 3.67. The first kappa shape index (κ1) is 12.8. The summed E-state index contributed by atoms with van der Waals surface area (Å²) in [6.07, 6.45) is 0. The average molecular weight is 269 g/mol. The predicted molar refractivity (Wildman–Crippen MR) is 84.3 cm³/mol. The third kappa shape index (κ3) is 2.85. The van der Waals surface area contributed by atoms with Gasteiger partial charge in [-0.25, -0.2) is 0 Å². The smallest absolute Gasteiger partial charge is 0.0794 e. The summed E-state index contributed by atoms with van der Waals surface area (Å²) in [5.74, 6) is 1.16. The molecule has 1 atom stereocenters. The van der Waals surface area contributed by atoms with Crippen molar-refractivity contribution >= 4 is 11.8 Å². The van der Waals surface area contributed by atoms with E-state index in [2.05, 4.69) is 73.8 Å². The van der Waals surface area contributed by atoms with Gasteiger partial charge in [-0.05, 0) is 30.5 Å². The van der Waals surface area contributed by atoms with Crippen molar-refractivity contribution < 1.29 is 0 Å². The molecule has 0 bridgehead atoms. The molecule has 0 aromatic heterocycles. The van der Waals surface area contributed by atoms with Gasteiger partial charge in [-0.15, -0.1) is 11.8 Å². The molecule has 1 unspecified atom stereocenters. The molecule has 0 amide bonds. The van der Waals surface area contributed by atoms with E-state index < -0.39 is 0 Å². The molecule has 0 aliphatic carbocycles. The van der Waals surface area contributed by atoms with Gasteiger partial charge in [0.1, 0.15) is 0 Å². The minimum atomic E-state index is 0.243. The first-order valence-corrected chi connectivity index (χ1v) is 7.74. The van der Waals surface area contributed by atoms with Crippen LogP contribution in [0, 0.1) is 0 Å². The van der Waals surface area contributed by atoms with E-state index in [-0.39, 0.29) is 5.54 Å². The van der Waals surface area contributed by atoms with Crippen molar-refractivity contribution in [1.29, 1.82) is 0 Å². The van der Waals surface area contributed by atoms with Crippen molar-refractivity contribution in [3.8, 4) is 11.1 Å². The Kier molecular flexibility index (Phi) is 3.38. The van der Waals surface area contributed by atoms with Gasteiger partial charge in [0.2, 0.25) is 0 Å².